The van der Waals surface area contributed by atoms with Gasteiger partial charge in [0, 0.05) is 62.8 Å². The number of aromatic nitrogens is 6. The zero-order chi connectivity index (χ0) is 54.3. The van der Waals surface area contributed by atoms with Crippen molar-refractivity contribution in [3.05, 3.63) is 213 Å². The van der Waals surface area contributed by atoms with Gasteiger partial charge in [-0.25, -0.2) is 9.36 Å². The van der Waals surface area contributed by atoms with Gasteiger partial charge in [-0.3, -0.25) is 19.4 Å². The van der Waals surface area contributed by atoms with Crippen molar-refractivity contribution in [1.82, 2.24) is 39.8 Å². The van der Waals surface area contributed by atoms with Crippen molar-refractivity contribution in [2.45, 2.75) is 39.4 Å². The number of piperazine rings is 1. The Bertz CT molecular complexity index is 3470. The standard InChI is InChI=1S/C62H60N8O10/c71-57-53-15-7-9-17-55(53)79-59(61(57)77-43-45-11-3-1-4-12-45)47-19-23-51(24-20-47)75-37-35-73-33-31-69-41-49(63-65-69)39-67-27-29-68(30-28-67)40-50-42-70(66-64-50)32-34-74-36-38-76-52-25-21-48(22-26-52)60-62(78-44-46-13-5-2-6-14-46)58(72)54-16-8-10-18-56(54)80-60/h1-26,41-42H,27-40,43-44H2. The molecule has 5 heterocycles. The van der Waals surface area contributed by atoms with E-state index in [1.165, 1.54) is 0 Å². The van der Waals surface area contributed by atoms with E-state index in [0.717, 1.165) is 61.8 Å². The van der Waals surface area contributed by atoms with Gasteiger partial charge in [0.1, 0.15) is 49.1 Å². The first kappa shape index (κ1) is 53.1. The average molecular weight is 1080 g/mol. The first-order chi connectivity index (χ1) is 39.5. The van der Waals surface area contributed by atoms with Gasteiger partial charge in [0.2, 0.25) is 22.4 Å². The maximum atomic E-state index is 13.5. The van der Waals surface area contributed by atoms with Gasteiger partial charge in [0.05, 0.1) is 61.7 Å². The number of nitrogens with zero attached hydrogens (tertiary/aromatic N) is 8. The fourth-order valence-electron chi connectivity index (χ4n) is 9.32. The number of fused-ring (bicyclic) bond motifs is 2. The van der Waals surface area contributed by atoms with Crippen LogP contribution in [0.25, 0.3) is 44.6 Å². The molecule has 0 unspecified atom stereocenters. The van der Waals surface area contributed by atoms with Crippen molar-refractivity contribution < 1.29 is 37.3 Å². The van der Waals surface area contributed by atoms with Gasteiger partial charge >= 0.3 is 0 Å². The molecule has 1 aliphatic heterocycles. The summed E-state index contributed by atoms with van der Waals surface area (Å²) in [6.45, 7) is 9.16. The molecule has 0 bridgehead atoms. The van der Waals surface area contributed by atoms with E-state index in [-0.39, 0.29) is 35.6 Å². The zero-order valence-electron chi connectivity index (χ0n) is 44.1. The predicted molar refractivity (Wildman–Crippen MR) is 301 cm³/mol. The Balaban J connectivity index is 0.551. The number of rotatable bonds is 26. The van der Waals surface area contributed by atoms with Crippen molar-refractivity contribution in [1.29, 1.82) is 0 Å². The van der Waals surface area contributed by atoms with E-state index >= 15 is 0 Å². The van der Waals surface area contributed by atoms with Gasteiger partial charge in [-0.1, -0.05) is 95.4 Å². The van der Waals surface area contributed by atoms with Crippen LogP contribution in [0.1, 0.15) is 22.5 Å². The van der Waals surface area contributed by atoms with E-state index in [1.54, 1.807) is 24.3 Å². The predicted octanol–water partition coefficient (Wildman–Crippen LogP) is 9.08. The Morgan fingerprint density at radius 1 is 0.425 bits per heavy atom. The number of para-hydroxylation sites is 2. The molecular formula is C62H60N8O10. The second-order valence-electron chi connectivity index (χ2n) is 19.2. The molecule has 0 amide bonds. The molecule has 18 heteroatoms. The molecule has 0 N–H and O–H groups in total. The lowest BCUT2D eigenvalue weighted by Crippen LogP contribution is -2.45. The van der Waals surface area contributed by atoms with Crippen molar-refractivity contribution in [2.24, 2.45) is 0 Å². The summed E-state index contributed by atoms with van der Waals surface area (Å²) in [5, 5.41) is 18.4. The normalized spacial score (nSPS) is 13.0. The molecular weight excluding hydrogens is 1020 g/mol. The topological polar surface area (TPSA) is 184 Å². The number of hydrogen-bond donors (Lipinski definition) is 0. The van der Waals surface area contributed by atoms with Crippen molar-refractivity contribution in [3.63, 3.8) is 0 Å². The largest absolute Gasteiger partial charge is 0.491 e. The minimum Gasteiger partial charge on any atom is -0.491 e. The SMILES string of the molecule is O=c1c(OCc2ccccc2)c(-c2ccc(OCCOCCn3cc(CN4CCN(Cc5cn(CCOCCOc6ccc(-c7oc8ccccc8c(=O)c7OCc7ccccc7)cc6)nn5)CC4)nn3)cc2)oc2ccccc12. The molecule has 408 valence electrons. The summed E-state index contributed by atoms with van der Waals surface area (Å²) in [6.07, 6.45) is 3.96. The molecule has 0 spiro atoms. The maximum Gasteiger partial charge on any atom is 0.235 e. The van der Waals surface area contributed by atoms with E-state index in [2.05, 4.69) is 30.4 Å². The quantitative estimate of drug-likeness (QED) is 0.0468. The molecule has 11 rings (SSSR count). The fourth-order valence-corrected chi connectivity index (χ4v) is 9.32. The first-order valence-electron chi connectivity index (χ1n) is 26.8. The second kappa shape index (κ2) is 26.1. The fraction of sp³-hybridized carbons (Fsp3) is 0.258. The molecule has 80 heavy (non-hydrogen) atoms. The van der Waals surface area contributed by atoms with Gasteiger partial charge in [-0.2, -0.15) is 0 Å². The van der Waals surface area contributed by atoms with Gasteiger partial charge < -0.3 is 37.3 Å². The van der Waals surface area contributed by atoms with Gasteiger partial charge in [0.15, 0.2) is 11.5 Å². The van der Waals surface area contributed by atoms with Gasteiger partial charge in [-0.05, 0) is 83.9 Å². The maximum absolute atomic E-state index is 13.5. The molecule has 4 aromatic heterocycles. The lowest BCUT2D eigenvalue weighted by Gasteiger charge is -2.33. The average Bonchev–Trinajstić information content (AvgIpc) is 4.18. The molecule has 0 aliphatic carbocycles. The van der Waals surface area contributed by atoms with E-state index in [1.807, 2.05) is 155 Å². The van der Waals surface area contributed by atoms with E-state index in [9.17, 15) is 9.59 Å². The number of benzene rings is 6. The van der Waals surface area contributed by atoms with Crippen LogP contribution in [0.5, 0.6) is 23.0 Å². The third-order valence-electron chi connectivity index (χ3n) is 13.5. The Hall–Kier alpha value is -8.94. The summed E-state index contributed by atoms with van der Waals surface area (Å²) < 4.78 is 51.9. The number of ether oxygens (including phenoxy) is 6. The van der Waals surface area contributed by atoms with Crippen molar-refractivity contribution in [2.75, 3.05) is 65.8 Å². The van der Waals surface area contributed by atoms with Crippen LogP contribution in [-0.2, 0) is 48.9 Å². The van der Waals surface area contributed by atoms with Crippen LogP contribution in [0, 0.1) is 0 Å². The molecule has 18 nitrogen and oxygen atoms in total. The molecule has 1 aliphatic rings. The zero-order valence-corrected chi connectivity index (χ0v) is 44.1. The minimum absolute atomic E-state index is 0.170. The molecule has 0 radical (unpaired) electrons. The monoisotopic (exact) mass is 1080 g/mol. The van der Waals surface area contributed by atoms with Gasteiger partial charge in [-0.15, -0.1) is 10.2 Å². The summed E-state index contributed by atoms with van der Waals surface area (Å²) in [5.41, 5.74) is 5.68. The highest BCUT2D eigenvalue weighted by Crippen LogP contribution is 2.34. The first-order valence-corrected chi connectivity index (χ1v) is 26.8. The summed E-state index contributed by atoms with van der Waals surface area (Å²) in [6, 6.07) is 48.6. The van der Waals surface area contributed by atoms with Crippen LogP contribution >= 0.6 is 0 Å². The Morgan fingerprint density at radius 3 is 1.25 bits per heavy atom. The van der Waals surface area contributed by atoms with Crippen molar-refractivity contribution in [3.8, 4) is 45.6 Å². The van der Waals surface area contributed by atoms with E-state index in [4.69, 9.17) is 37.3 Å². The molecule has 6 aromatic carbocycles. The van der Waals surface area contributed by atoms with E-state index < -0.39 is 0 Å². The Labute approximate surface area is 461 Å². The molecule has 0 saturated carbocycles. The van der Waals surface area contributed by atoms with Crippen molar-refractivity contribution >= 4 is 21.9 Å². The van der Waals surface area contributed by atoms with Crippen LogP contribution in [0.2, 0.25) is 0 Å². The lowest BCUT2D eigenvalue weighted by atomic mass is 10.1. The highest BCUT2D eigenvalue weighted by Gasteiger charge is 2.22. The number of hydrogen-bond acceptors (Lipinski definition) is 16. The Kier molecular flexibility index (Phi) is 17.3. The third kappa shape index (κ3) is 13.7. The lowest BCUT2D eigenvalue weighted by molar-refractivity contribution is 0.0923. The molecule has 0 atom stereocenters. The van der Waals surface area contributed by atoms with Gasteiger partial charge in [0.25, 0.3) is 0 Å². The van der Waals surface area contributed by atoms with Crippen LogP contribution in [0.3, 0.4) is 0 Å². The summed E-state index contributed by atoms with van der Waals surface area (Å²) in [7, 11) is 0. The van der Waals surface area contributed by atoms with Crippen LogP contribution in [0.15, 0.2) is 189 Å². The highest BCUT2D eigenvalue weighted by molar-refractivity contribution is 5.83. The second-order valence-corrected chi connectivity index (χ2v) is 19.2. The molecule has 10 aromatic rings. The van der Waals surface area contributed by atoms with Crippen LogP contribution in [-0.4, -0.2) is 106 Å². The molecule has 1 saturated heterocycles. The minimum atomic E-state index is -0.218. The smallest absolute Gasteiger partial charge is 0.235 e. The van der Waals surface area contributed by atoms with Crippen LogP contribution in [0.4, 0.5) is 0 Å². The summed E-state index contributed by atoms with van der Waals surface area (Å²) in [5.74, 6) is 2.41. The third-order valence-corrected chi connectivity index (χ3v) is 13.5. The summed E-state index contributed by atoms with van der Waals surface area (Å²) >= 11 is 0. The molecule has 1 fully saturated rings. The summed E-state index contributed by atoms with van der Waals surface area (Å²) in [4.78, 5) is 31.9. The van der Waals surface area contributed by atoms with Crippen LogP contribution < -0.4 is 29.8 Å². The Morgan fingerprint density at radius 2 is 0.825 bits per heavy atom. The highest BCUT2D eigenvalue weighted by atomic mass is 16.5. The van der Waals surface area contributed by atoms with E-state index in [0.29, 0.717) is 109 Å².